The van der Waals surface area contributed by atoms with E-state index in [-0.39, 0.29) is 17.6 Å². The summed E-state index contributed by atoms with van der Waals surface area (Å²) in [5.41, 5.74) is 4.84. The maximum Gasteiger partial charge on any atom is 0.254 e. The van der Waals surface area contributed by atoms with Crippen LogP contribution in [0.25, 0.3) is 0 Å². The summed E-state index contributed by atoms with van der Waals surface area (Å²) in [5.74, 6) is 1.12. The fraction of sp³-hybridized carbons (Fsp3) is 0.429. The summed E-state index contributed by atoms with van der Waals surface area (Å²) in [6.45, 7) is 6.84. The molecule has 1 atom stereocenters. The average molecular weight is 518 g/mol. The number of anilines is 1. The first-order chi connectivity index (χ1) is 18.4. The standard InChI is InChI=1S/C28H32FN7O2/c1-4-38-26-11-20(13-33-25(26)12-30)18(2)36-7-5-23-21(15-34-16-22(29)17-34)9-19(10-24(23)27(36)37)14-35-8-6-32-28(35)31-3/h6,8-11,13,18,22H,4-5,7,14-17H2,1-3H3,(H,31,32). The predicted molar refractivity (Wildman–Crippen MR) is 141 cm³/mol. The van der Waals surface area contributed by atoms with Crippen molar-refractivity contribution < 1.29 is 13.9 Å². The Bertz CT molecular complexity index is 1380. The van der Waals surface area contributed by atoms with Gasteiger partial charge < -0.3 is 19.5 Å². The van der Waals surface area contributed by atoms with Gasteiger partial charge >= 0.3 is 0 Å². The van der Waals surface area contributed by atoms with Crippen molar-refractivity contribution in [1.82, 2.24) is 24.3 Å². The number of pyridine rings is 1. The van der Waals surface area contributed by atoms with E-state index >= 15 is 0 Å². The van der Waals surface area contributed by atoms with Crippen LogP contribution in [0.1, 0.15) is 58.2 Å². The monoisotopic (exact) mass is 517 g/mol. The van der Waals surface area contributed by atoms with Crippen LogP contribution < -0.4 is 10.1 Å². The number of aromatic nitrogens is 3. The number of nitriles is 1. The van der Waals surface area contributed by atoms with E-state index in [2.05, 4.69) is 32.3 Å². The van der Waals surface area contributed by atoms with Crippen LogP contribution in [0.4, 0.5) is 10.3 Å². The molecule has 38 heavy (non-hydrogen) atoms. The number of carbonyl (C=O) groups is 1. The second-order valence-electron chi connectivity index (χ2n) is 9.79. The molecule has 9 nitrogen and oxygen atoms in total. The van der Waals surface area contributed by atoms with Gasteiger partial charge in [-0.15, -0.1) is 0 Å². The lowest BCUT2D eigenvalue weighted by atomic mass is 9.89. The number of halogens is 1. The Balaban J connectivity index is 1.47. The van der Waals surface area contributed by atoms with Crippen molar-refractivity contribution in [2.24, 2.45) is 0 Å². The number of nitrogens with zero attached hydrogens (tertiary/aromatic N) is 6. The van der Waals surface area contributed by atoms with Crippen LogP contribution in [0.15, 0.2) is 36.8 Å². The van der Waals surface area contributed by atoms with Crippen molar-refractivity contribution >= 4 is 11.9 Å². The number of rotatable bonds is 9. The normalized spacial score (nSPS) is 16.5. The van der Waals surface area contributed by atoms with E-state index in [9.17, 15) is 14.4 Å². The number of benzene rings is 1. The van der Waals surface area contributed by atoms with Gasteiger partial charge in [0.05, 0.1) is 19.2 Å². The number of fused-ring (bicyclic) bond motifs is 1. The van der Waals surface area contributed by atoms with Crippen molar-refractivity contribution in [3.63, 3.8) is 0 Å². The molecule has 2 aromatic heterocycles. The summed E-state index contributed by atoms with van der Waals surface area (Å²) in [5, 5.41) is 12.4. The molecule has 1 saturated heterocycles. The van der Waals surface area contributed by atoms with Gasteiger partial charge in [-0.05, 0) is 54.7 Å². The van der Waals surface area contributed by atoms with E-state index in [1.165, 1.54) is 0 Å². The zero-order valence-corrected chi connectivity index (χ0v) is 21.9. The molecule has 1 N–H and O–H groups in total. The highest BCUT2D eigenvalue weighted by Crippen LogP contribution is 2.33. The first kappa shape index (κ1) is 25.7. The lowest BCUT2D eigenvalue weighted by molar-refractivity contribution is 0.0579. The molecule has 1 unspecified atom stereocenters. The second kappa shape index (κ2) is 10.8. The number of imidazole rings is 1. The molecule has 0 aliphatic carbocycles. The number of nitrogens with one attached hydrogen (secondary N) is 1. The number of amides is 1. The molecule has 0 saturated carbocycles. The molecular formula is C28H32FN7O2. The summed E-state index contributed by atoms with van der Waals surface area (Å²) in [7, 11) is 1.83. The number of hydrogen-bond donors (Lipinski definition) is 1. The highest BCUT2D eigenvalue weighted by Gasteiger charge is 2.33. The van der Waals surface area contributed by atoms with E-state index in [1.807, 2.05) is 42.6 Å². The third-order valence-corrected chi connectivity index (χ3v) is 7.32. The Kier molecular flexibility index (Phi) is 7.29. The summed E-state index contributed by atoms with van der Waals surface area (Å²) in [4.78, 5) is 26.5. The number of ether oxygens (including phenoxy) is 1. The van der Waals surface area contributed by atoms with Crippen LogP contribution in [0.3, 0.4) is 0 Å². The summed E-state index contributed by atoms with van der Waals surface area (Å²) >= 11 is 0. The Morgan fingerprint density at radius 1 is 1.26 bits per heavy atom. The molecule has 2 aliphatic heterocycles. The second-order valence-corrected chi connectivity index (χ2v) is 9.79. The van der Waals surface area contributed by atoms with E-state index in [1.54, 1.807) is 18.5 Å². The molecule has 0 radical (unpaired) electrons. The number of alkyl halides is 1. The molecule has 4 heterocycles. The molecule has 5 rings (SSSR count). The van der Waals surface area contributed by atoms with Gasteiger partial charge in [0.1, 0.15) is 12.2 Å². The minimum atomic E-state index is -0.779. The van der Waals surface area contributed by atoms with Crippen molar-refractivity contribution in [3.05, 3.63) is 70.3 Å². The zero-order chi connectivity index (χ0) is 26.8. The SMILES string of the molecule is CCOc1cc(C(C)N2CCc3c(CN4CC(F)C4)cc(Cn4ccnc4NC)cc3C2=O)cnc1C#N. The van der Waals surface area contributed by atoms with Crippen LogP contribution in [-0.2, 0) is 19.5 Å². The molecule has 3 aromatic rings. The van der Waals surface area contributed by atoms with Crippen molar-refractivity contribution in [3.8, 4) is 11.8 Å². The molecule has 0 bridgehead atoms. The van der Waals surface area contributed by atoms with Gasteiger partial charge in [-0.2, -0.15) is 5.26 Å². The van der Waals surface area contributed by atoms with Gasteiger partial charge in [0.15, 0.2) is 11.4 Å². The smallest absolute Gasteiger partial charge is 0.254 e. The van der Waals surface area contributed by atoms with Gasteiger partial charge in [0.25, 0.3) is 5.91 Å². The molecule has 1 amide bonds. The van der Waals surface area contributed by atoms with E-state index in [4.69, 9.17) is 4.74 Å². The topological polar surface area (TPSA) is 99.3 Å². The average Bonchev–Trinajstić information content (AvgIpc) is 3.35. The molecule has 10 heteroatoms. The third kappa shape index (κ3) is 4.94. The summed E-state index contributed by atoms with van der Waals surface area (Å²) in [6, 6.07) is 7.74. The predicted octanol–water partition coefficient (Wildman–Crippen LogP) is 3.55. The Morgan fingerprint density at radius 2 is 2.08 bits per heavy atom. The van der Waals surface area contributed by atoms with E-state index < -0.39 is 6.17 Å². The first-order valence-electron chi connectivity index (χ1n) is 13.0. The van der Waals surface area contributed by atoms with Gasteiger partial charge in [0, 0.05) is 57.4 Å². The molecule has 198 valence electrons. The zero-order valence-electron chi connectivity index (χ0n) is 21.9. The fourth-order valence-electron chi connectivity index (χ4n) is 5.33. The van der Waals surface area contributed by atoms with E-state index in [0.717, 1.165) is 28.2 Å². The van der Waals surface area contributed by atoms with Crippen molar-refractivity contribution in [2.75, 3.05) is 38.6 Å². The van der Waals surface area contributed by atoms with Crippen LogP contribution in [-0.4, -0.2) is 69.7 Å². The maximum atomic E-state index is 13.9. The minimum absolute atomic E-state index is 0.0457. The Hall–Kier alpha value is -3.97. The van der Waals surface area contributed by atoms with Crippen molar-refractivity contribution in [1.29, 1.82) is 5.26 Å². The lowest BCUT2D eigenvalue weighted by Crippen LogP contribution is -2.48. The molecule has 1 aromatic carbocycles. The van der Waals surface area contributed by atoms with Crippen LogP contribution in [0, 0.1) is 11.3 Å². The van der Waals surface area contributed by atoms with Crippen molar-refractivity contribution in [2.45, 2.75) is 45.6 Å². The maximum absolute atomic E-state index is 13.9. The minimum Gasteiger partial charge on any atom is -0.491 e. The molecular weight excluding hydrogens is 485 g/mol. The van der Waals surface area contributed by atoms with Crippen LogP contribution in [0.5, 0.6) is 5.75 Å². The first-order valence-corrected chi connectivity index (χ1v) is 13.0. The summed E-state index contributed by atoms with van der Waals surface area (Å²) < 4.78 is 21.2. The summed E-state index contributed by atoms with van der Waals surface area (Å²) in [6.07, 6.45) is 5.22. The van der Waals surface area contributed by atoms with Gasteiger partial charge in [-0.3, -0.25) is 9.69 Å². The van der Waals surface area contributed by atoms with Gasteiger partial charge in [0.2, 0.25) is 5.95 Å². The quantitative estimate of drug-likeness (QED) is 0.463. The highest BCUT2D eigenvalue weighted by atomic mass is 19.1. The number of hydrogen-bond acceptors (Lipinski definition) is 7. The number of carbonyl (C=O) groups excluding carboxylic acids is 1. The Labute approximate surface area is 221 Å². The van der Waals surface area contributed by atoms with E-state index in [0.29, 0.717) is 57.1 Å². The molecule has 1 fully saturated rings. The van der Waals surface area contributed by atoms with Crippen LogP contribution in [0.2, 0.25) is 0 Å². The molecule has 0 spiro atoms. The molecule has 2 aliphatic rings. The largest absolute Gasteiger partial charge is 0.491 e. The fourth-order valence-corrected chi connectivity index (χ4v) is 5.33. The third-order valence-electron chi connectivity index (χ3n) is 7.32. The van der Waals surface area contributed by atoms with Gasteiger partial charge in [-0.1, -0.05) is 6.07 Å². The highest BCUT2D eigenvalue weighted by molar-refractivity contribution is 5.97. The Morgan fingerprint density at radius 3 is 2.79 bits per heavy atom. The van der Waals surface area contributed by atoms with Crippen LogP contribution >= 0.6 is 0 Å². The van der Waals surface area contributed by atoms with Gasteiger partial charge in [-0.25, -0.2) is 14.4 Å². The lowest BCUT2D eigenvalue weighted by Gasteiger charge is -2.37. The number of likely N-dealkylation sites (tertiary alicyclic amines) is 1.